The van der Waals surface area contributed by atoms with Crippen LogP contribution in [-0.4, -0.2) is 0 Å². The summed E-state index contributed by atoms with van der Waals surface area (Å²) in [6, 6.07) is 22.1. The van der Waals surface area contributed by atoms with Gasteiger partial charge >= 0.3 is 128 Å². The third-order valence-corrected chi connectivity index (χ3v) is 20.9. The van der Waals surface area contributed by atoms with Gasteiger partial charge in [-0.1, -0.05) is 0 Å². The normalized spacial score (nSPS) is 24.3. The van der Waals surface area contributed by atoms with Gasteiger partial charge in [0.1, 0.15) is 0 Å². The number of halogens is 1. The van der Waals surface area contributed by atoms with Gasteiger partial charge in [0.25, 0.3) is 0 Å². The Hall–Kier alpha value is -0.145. The molecule has 0 heterocycles. The second-order valence-electron chi connectivity index (χ2n) is 5.51. The fourth-order valence-electron chi connectivity index (χ4n) is 3.22. The van der Waals surface area contributed by atoms with E-state index in [0.717, 1.165) is 0 Å². The van der Waals surface area contributed by atoms with E-state index in [1.54, 1.807) is 0 Å². The Morgan fingerprint density at radius 2 is 1.33 bits per heavy atom. The van der Waals surface area contributed by atoms with Crippen LogP contribution in [-0.2, 0) is 27.6 Å². The molecule has 0 aromatic heterocycles. The van der Waals surface area contributed by atoms with Gasteiger partial charge in [-0.15, -0.1) is 0 Å². The van der Waals surface area contributed by atoms with Crippen LogP contribution >= 0.6 is 11.9 Å². The first-order valence-corrected chi connectivity index (χ1v) is 21.1. The number of rotatable bonds is 3. The van der Waals surface area contributed by atoms with Gasteiger partial charge in [0, 0.05) is 0 Å². The van der Waals surface area contributed by atoms with Gasteiger partial charge in [0.2, 0.25) is 0 Å². The topological polar surface area (TPSA) is 0 Å². The first-order chi connectivity index (χ1) is 8.73. The summed E-state index contributed by atoms with van der Waals surface area (Å²) in [5.41, 5.74) is 3.29. The van der Waals surface area contributed by atoms with Gasteiger partial charge in [-0.3, -0.25) is 0 Å². The van der Waals surface area contributed by atoms with Gasteiger partial charge in [0.15, 0.2) is 0 Å². The molecular formula is C16H15BrHg. The Kier molecular flexibility index (Phi) is 3.40. The summed E-state index contributed by atoms with van der Waals surface area (Å²) in [5.74, 6) is 0. The molecule has 0 bridgehead atoms. The van der Waals surface area contributed by atoms with E-state index >= 15 is 0 Å². The minimum atomic E-state index is -0.973. The average molecular weight is 488 g/mol. The molecule has 2 aromatic carbocycles. The van der Waals surface area contributed by atoms with Crippen LogP contribution in [0, 0.1) is 0 Å². The van der Waals surface area contributed by atoms with Crippen molar-refractivity contribution in [3.63, 3.8) is 0 Å². The molecule has 0 nitrogen and oxygen atoms in total. The van der Waals surface area contributed by atoms with Crippen molar-refractivity contribution in [2.45, 2.75) is 21.7 Å². The Labute approximate surface area is 126 Å². The minimum absolute atomic E-state index is 0.292. The Balaban J connectivity index is 2.14. The summed E-state index contributed by atoms with van der Waals surface area (Å²) in [4.78, 5) is 0. The van der Waals surface area contributed by atoms with E-state index in [2.05, 4.69) is 79.5 Å². The fraction of sp³-hybridized carbons (Fsp3) is 0.250. The zero-order chi connectivity index (χ0) is 12.6. The molecule has 0 radical (unpaired) electrons. The van der Waals surface area contributed by atoms with E-state index in [1.165, 1.54) is 17.5 Å². The van der Waals surface area contributed by atoms with Crippen LogP contribution in [0.15, 0.2) is 60.7 Å². The van der Waals surface area contributed by atoms with Gasteiger partial charge in [-0.25, -0.2) is 0 Å². The number of hydrogen-bond donors (Lipinski definition) is 0. The van der Waals surface area contributed by atoms with Crippen molar-refractivity contribution in [1.29, 1.82) is 0 Å². The zero-order valence-corrected chi connectivity index (χ0v) is 17.6. The van der Waals surface area contributed by atoms with Crippen LogP contribution in [0.3, 0.4) is 0 Å². The van der Waals surface area contributed by atoms with Gasteiger partial charge < -0.3 is 0 Å². The third-order valence-electron chi connectivity index (χ3n) is 4.39. The molecular weight excluding hydrogens is 473 g/mol. The average Bonchev–Trinajstić information content (AvgIpc) is 3.09. The first kappa shape index (κ1) is 12.9. The zero-order valence-electron chi connectivity index (χ0n) is 10.6. The first-order valence-electron chi connectivity index (χ1n) is 6.40. The molecule has 0 unspecified atom stereocenters. The van der Waals surface area contributed by atoms with Crippen LogP contribution in [0.1, 0.15) is 24.5 Å². The van der Waals surface area contributed by atoms with Crippen LogP contribution in [0.25, 0.3) is 0 Å². The van der Waals surface area contributed by atoms with Gasteiger partial charge in [0.05, 0.1) is 0 Å². The summed E-state index contributed by atoms with van der Waals surface area (Å²) in [6.45, 7) is 2.48. The molecule has 1 aliphatic carbocycles. The predicted octanol–water partition coefficient (Wildman–Crippen LogP) is 4.95. The van der Waals surface area contributed by atoms with Crippen LogP contribution < -0.4 is 0 Å². The Morgan fingerprint density at radius 1 is 0.889 bits per heavy atom. The molecule has 3 rings (SSSR count). The molecule has 0 saturated heterocycles. The van der Waals surface area contributed by atoms with Crippen molar-refractivity contribution in [3.8, 4) is 0 Å². The molecule has 2 aromatic rings. The van der Waals surface area contributed by atoms with E-state index in [-0.39, 0.29) is 0 Å². The molecule has 0 N–H and O–H groups in total. The second-order valence-corrected chi connectivity index (χ2v) is 17.5. The van der Waals surface area contributed by atoms with Gasteiger partial charge in [-0.2, -0.15) is 0 Å². The molecule has 0 spiro atoms. The maximum atomic E-state index is 3.92. The molecule has 0 amide bonds. The number of hydrogen-bond acceptors (Lipinski definition) is 0. The SMILES string of the molecule is C[C@@]1([Hg][Br])CC1(c1ccccc1)c1ccccc1. The van der Waals surface area contributed by atoms with Crippen molar-refractivity contribution in [2.24, 2.45) is 0 Å². The van der Waals surface area contributed by atoms with Crippen LogP contribution in [0.4, 0.5) is 0 Å². The van der Waals surface area contributed by atoms with E-state index in [4.69, 9.17) is 0 Å². The molecule has 1 saturated carbocycles. The Bertz CT molecular complexity index is 498. The molecule has 1 aliphatic rings. The third kappa shape index (κ3) is 1.82. The van der Waals surface area contributed by atoms with Crippen molar-refractivity contribution >= 4 is 11.9 Å². The van der Waals surface area contributed by atoms with Crippen LogP contribution in [0.2, 0.25) is 2.92 Å². The summed E-state index contributed by atoms with van der Waals surface area (Å²) < 4.78 is 0.551. The Morgan fingerprint density at radius 3 is 1.67 bits per heavy atom. The van der Waals surface area contributed by atoms with E-state index in [9.17, 15) is 0 Å². The molecule has 18 heavy (non-hydrogen) atoms. The fourth-order valence-corrected chi connectivity index (χ4v) is 13.5. The standard InChI is InChI=1S/C16H15.BrH.Hg/c1-13-12-16(13,14-8-4-2-5-9-14)15-10-6-3-7-11-15;;/h2-11H,12H2,1H3;1H;/q;;+1/p-1. The molecule has 0 aliphatic heterocycles. The summed E-state index contributed by atoms with van der Waals surface area (Å²) in [7, 11) is 0. The van der Waals surface area contributed by atoms with Gasteiger partial charge in [-0.05, 0) is 0 Å². The van der Waals surface area contributed by atoms with Crippen molar-refractivity contribution in [3.05, 3.63) is 71.8 Å². The monoisotopic (exact) mass is 488 g/mol. The van der Waals surface area contributed by atoms with Crippen LogP contribution in [0.5, 0.6) is 0 Å². The second kappa shape index (κ2) is 4.75. The summed E-state index contributed by atoms with van der Waals surface area (Å²) in [6.07, 6.45) is 1.32. The number of benzene rings is 2. The van der Waals surface area contributed by atoms with E-state index in [0.29, 0.717) is 8.34 Å². The van der Waals surface area contributed by atoms with Crippen molar-refractivity contribution in [1.82, 2.24) is 0 Å². The molecule has 1 fully saturated rings. The van der Waals surface area contributed by atoms with Crippen molar-refractivity contribution in [2.75, 3.05) is 0 Å². The quantitative estimate of drug-likeness (QED) is 0.538. The maximum absolute atomic E-state index is 3.92. The van der Waals surface area contributed by atoms with Crippen molar-refractivity contribution < 1.29 is 22.1 Å². The van der Waals surface area contributed by atoms with E-state index < -0.39 is 22.1 Å². The molecule has 88 valence electrons. The molecule has 1 atom stereocenters. The molecule has 2 heteroatoms. The van der Waals surface area contributed by atoms with E-state index in [1.807, 2.05) is 0 Å². The summed E-state index contributed by atoms with van der Waals surface area (Å²) >= 11 is 2.95. The summed E-state index contributed by atoms with van der Waals surface area (Å²) in [5, 5.41) is 0. The predicted molar refractivity (Wildman–Crippen MR) is 75.6 cm³/mol.